The van der Waals surface area contributed by atoms with Crippen molar-refractivity contribution in [2.24, 2.45) is 5.90 Å². The zero-order chi connectivity index (χ0) is 13.1. The third kappa shape index (κ3) is 4.18. The molecule has 0 bridgehead atoms. The lowest BCUT2D eigenvalue weighted by molar-refractivity contribution is 0.00696. The molecule has 0 heterocycles. The highest BCUT2D eigenvalue weighted by Gasteiger charge is 2.20. The maximum absolute atomic E-state index is 11.7. The van der Waals surface area contributed by atoms with Crippen LogP contribution in [0.4, 0.5) is 0 Å². The molecular formula is C11H16BNO4. The highest BCUT2D eigenvalue weighted by atomic mass is 16.6. The second-order valence-electron chi connectivity index (χ2n) is 4.62. The summed E-state index contributed by atoms with van der Waals surface area (Å²) in [6, 6.07) is 6.30. The number of rotatable bonds is 3. The van der Waals surface area contributed by atoms with E-state index in [4.69, 9.17) is 10.6 Å². The summed E-state index contributed by atoms with van der Waals surface area (Å²) in [6.07, 6.45) is 0. The molecule has 0 aromatic heterocycles. The maximum atomic E-state index is 11.7. The normalized spacial score (nSPS) is 11.1. The Bertz CT molecular complexity index is 403. The van der Waals surface area contributed by atoms with Crippen LogP contribution in [0.1, 0.15) is 31.1 Å². The number of ether oxygens (including phenoxy) is 1. The molecule has 0 aliphatic carbocycles. The van der Waals surface area contributed by atoms with Gasteiger partial charge in [-0.1, -0.05) is 12.1 Å². The molecule has 92 valence electrons. The Labute approximate surface area is 101 Å². The third-order valence-corrected chi connectivity index (χ3v) is 1.94. The molecule has 0 unspecified atom stereocenters. The predicted molar refractivity (Wildman–Crippen MR) is 64.5 cm³/mol. The molecule has 0 saturated carbocycles. The molecular weight excluding hydrogens is 221 g/mol. The average Bonchev–Trinajstić information content (AvgIpc) is 2.26. The quantitative estimate of drug-likeness (QED) is 0.446. The van der Waals surface area contributed by atoms with E-state index in [0.29, 0.717) is 11.0 Å². The highest BCUT2D eigenvalue weighted by Crippen LogP contribution is 2.11. The molecule has 1 rings (SSSR count). The zero-order valence-electron chi connectivity index (χ0n) is 10.1. The Kier molecular flexibility index (Phi) is 4.28. The lowest BCUT2D eigenvalue weighted by Gasteiger charge is -2.19. The van der Waals surface area contributed by atoms with E-state index >= 15 is 0 Å². The van der Waals surface area contributed by atoms with E-state index in [1.807, 2.05) is 0 Å². The Hall–Kier alpha value is -1.37. The fourth-order valence-corrected chi connectivity index (χ4v) is 1.23. The maximum Gasteiger partial charge on any atom is 0.508 e. The minimum absolute atomic E-state index is 0.341. The lowest BCUT2D eigenvalue weighted by atomic mass is 9.79. The van der Waals surface area contributed by atoms with Gasteiger partial charge in [0.15, 0.2) is 0 Å². The molecule has 0 radical (unpaired) electrons. The van der Waals surface area contributed by atoms with Crippen LogP contribution in [-0.4, -0.2) is 23.7 Å². The van der Waals surface area contributed by atoms with Crippen LogP contribution in [0.2, 0.25) is 0 Å². The topological polar surface area (TPSA) is 81.8 Å². The Morgan fingerprint density at radius 2 is 2.06 bits per heavy atom. The van der Waals surface area contributed by atoms with E-state index in [-0.39, 0.29) is 0 Å². The number of benzene rings is 1. The van der Waals surface area contributed by atoms with Crippen molar-refractivity contribution in [3.05, 3.63) is 29.8 Å². The van der Waals surface area contributed by atoms with Crippen molar-refractivity contribution in [3.63, 3.8) is 0 Å². The van der Waals surface area contributed by atoms with Crippen LogP contribution in [0.15, 0.2) is 24.3 Å². The minimum atomic E-state index is -1.25. The van der Waals surface area contributed by atoms with Crippen LogP contribution >= 0.6 is 0 Å². The van der Waals surface area contributed by atoms with Crippen molar-refractivity contribution < 1.29 is 19.3 Å². The number of carbonyl (C=O) groups is 1. The summed E-state index contributed by atoms with van der Waals surface area (Å²) in [5.74, 6) is 4.41. The molecule has 1 aromatic carbocycles. The van der Waals surface area contributed by atoms with E-state index in [0.717, 1.165) is 0 Å². The Morgan fingerprint density at radius 3 is 2.59 bits per heavy atom. The van der Waals surface area contributed by atoms with Crippen molar-refractivity contribution in [2.45, 2.75) is 26.4 Å². The van der Waals surface area contributed by atoms with Crippen molar-refractivity contribution in [1.29, 1.82) is 0 Å². The van der Waals surface area contributed by atoms with E-state index < -0.39 is 18.7 Å². The molecule has 6 heteroatoms. The molecule has 5 nitrogen and oxygen atoms in total. The summed E-state index contributed by atoms with van der Waals surface area (Å²) in [4.78, 5) is 11.7. The van der Waals surface area contributed by atoms with Gasteiger partial charge in [0, 0.05) is 0 Å². The molecule has 0 aliphatic rings. The summed E-state index contributed by atoms with van der Waals surface area (Å²) in [5.41, 5.74) is 0.181. The van der Waals surface area contributed by atoms with Crippen LogP contribution in [0.25, 0.3) is 0 Å². The third-order valence-electron chi connectivity index (χ3n) is 1.94. The fourth-order valence-electron chi connectivity index (χ4n) is 1.23. The summed E-state index contributed by atoms with van der Waals surface area (Å²) in [6.45, 7) is 5.35. The summed E-state index contributed by atoms with van der Waals surface area (Å²) in [7, 11) is -1.25. The number of nitrogens with two attached hydrogens (primary N) is 1. The van der Waals surface area contributed by atoms with Gasteiger partial charge in [-0.05, 0) is 38.4 Å². The van der Waals surface area contributed by atoms with Gasteiger partial charge in [0.1, 0.15) is 5.60 Å². The first-order valence-electron chi connectivity index (χ1n) is 5.20. The molecule has 17 heavy (non-hydrogen) atoms. The first-order valence-corrected chi connectivity index (χ1v) is 5.20. The van der Waals surface area contributed by atoms with Crippen LogP contribution in [0.3, 0.4) is 0 Å². The van der Waals surface area contributed by atoms with Crippen molar-refractivity contribution in [3.8, 4) is 0 Å². The smallest absolute Gasteiger partial charge is 0.456 e. The van der Waals surface area contributed by atoms with E-state index in [2.05, 4.69) is 4.76 Å². The van der Waals surface area contributed by atoms with Gasteiger partial charge in [-0.2, -0.15) is 0 Å². The molecule has 0 aliphatic heterocycles. The molecule has 1 aromatic rings. The minimum Gasteiger partial charge on any atom is -0.456 e. The Morgan fingerprint density at radius 1 is 1.41 bits per heavy atom. The second kappa shape index (κ2) is 5.31. The second-order valence-corrected chi connectivity index (χ2v) is 4.62. The first-order chi connectivity index (χ1) is 7.83. The van der Waals surface area contributed by atoms with Gasteiger partial charge < -0.3 is 14.5 Å². The lowest BCUT2D eigenvalue weighted by Crippen LogP contribution is -2.36. The Balaban J connectivity index is 2.88. The standard InChI is InChI=1S/C11H16BNO4/c1-11(2,3)16-10(14)8-5-4-6-9(7-8)12(15)17-13/h4-7,15H,13H2,1-3H3. The highest BCUT2D eigenvalue weighted by molar-refractivity contribution is 6.59. The monoisotopic (exact) mass is 237 g/mol. The number of esters is 1. The number of hydrogen-bond acceptors (Lipinski definition) is 5. The zero-order valence-corrected chi connectivity index (χ0v) is 10.1. The molecule has 0 atom stereocenters. The molecule has 0 fully saturated rings. The molecule has 0 saturated heterocycles. The summed E-state index contributed by atoms with van der Waals surface area (Å²) in [5, 5.41) is 9.37. The number of carbonyl (C=O) groups excluding carboxylic acids is 1. The molecule has 3 N–H and O–H groups in total. The van der Waals surface area contributed by atoms with Gasteiger partial charge in [-0.15, -0.1) is 0 Å². The van der Waals surface area contributed by atoms with Crippen LogP contribution in [-0.2, 0) is 9.49 Å². The van der Waals surface area contributed by atoms with E-state index in [1.165, 1.54) is 6.07 Å². The van der Waals surface area contributed by atoms with E-state index in [9.17, 15) is 9.82 Å². The van der Waals surface area contributed by atoms with Gasteiger partial charge >= 0.3 is 13.1 Å². The predicted octanol–water partition coefficient (Wildman–Crippen LogP) is 0.220. The van der Waals surface area contributed by atoms with Crippen LogP contribution < -0.4 is 11.4 Å². The molecule has 0 amide bonds. The van der Waals surface area contributed by atoms with Gasteiger partial charge in [-0.25, -0.2) is 10.7 Å². The van der Waals surface area contributed by atoms with Crippen LogP contribution in [0.5, 0.6) is 0 Å². The van der Waals surface area contributed by atoms with Gasteiger partial charge in [0.05, 0.1) is 5.56 Å². The van der Waals surface area contributed by atoms with Crippen molar-refractivity contribution in [1.82, 2.24) is 0 Å². The SMILES string of the molecule is CC(C)(C)OC(=O)c1cccc(B(O)ON)c1. The van der Waals surface area contributed by atoms with Crippen LogP contribution in [0, 0.1) is 0 Å². The van der Waals surface area contributed by atoms with Crippen molar-refractivity contribution in [2.75, 3.05) is 0 Å². The summed E-state index contributed by atoms with van der Waals surface area (Å²) >= 11 is 0. The van der Waals surface area contributed by atoms with Crippen molar-refractivity contribution >= 4 is 18.6 Å². The average molecular weight is 237 g/mol. The van der Waals surface area contributed by atoms with Gasteiger partial charge in [0.25, 0.3) is 0 Å². The van der Waals surface area contributed by atoms with Gasteiger partial charge in [0.2, 0.25) is 0 Å². The largest absolute Gasteiger partial charge is 0.508 e. The first kappa shape index (κ1) is 13.7. The molecule has 0 spiro atoms. The fraction of sp³-hybridized carbons (Fsp3) is 0.364. The number of hydrogen-bond donors (Lipinski definition) is 2. The van der Waals surface area contributed by atoms with Gasteiger partial charge in [-0.3, -0.25) is 0 Å². The summed E-state index contributed by atoms with van der Waals surface area (Å²) < 4.78 is 9.47. The van der Waals surface area contributed by atoms with E-state index in [1.54, 1.807) is 39.0 Å².